The molecule has 2 heterocycles. The van der Waals surface area contributed by atoms with Gasteiger partial charge >= 0.3 is 16.2 Å². The molecule has 0 radical (unpaired) electrons. The smallest absolute Gasteiger partial charge is 0.341 e. The van der Waals surface area contributed by atoms with Crippen molar-refractivity contribution in [1.29, 1.82) is 0 Å². The highest BCUT2D eigenvalue weighted by atomic mass is 32.2. The van der Waals surface area contributed by atoms with Gasteiger partial charge in [-0.15, -0.1) is 12.8 Å². The van der Waals surface area contributed by atoms with Gasteiger partial charge in [-0.3, -0.25) is 4.98 Å². The molecule has 10 heteroatoms. The summed E-state index contributed by atoms with van der Waals surface area (Å²) in [5.74, 6) is 4.03. The summed E-state index contributed by atoms with van der Waals surface area (Å²) in [7, 11) is -1.31. The Kier molecular flexibility index (Phi) is 6.49. The van der Waals surface area contributed by atoms with E-state index in [4.69, 9.17) is 22.3 Å². The average Bonchev–Trinajstić information content (AvgIpc) is 3.16. The van der Waals surface area contributed by atoms with Gasteiger partial charge in [0, 0.05) is 20.3 Å². The van der Waals surface area contributed by atoms with Crippen molar-refractivity contribution >= 4 is 27.2 Å². The fourth-order valence-corrected chi connectivity index (χ4v) is 3.99. The van der Waals surface area contributed by atoms with Crippen LogP contribution < -0.4 is 4.74 Å². The normalized spacial score (nSPS) is 11.2. The van der Waals surface area contributed by atoms with E-state index in [1.165, 1.54) is 26.4 Å². The van der Waals surface area contributed by atoms with E-state index in [-0.39, 0.29) is 47.1 Å². The predicted octanol–water partition coefficient (Wildman–Crippen LogP) is 1.86. The van der Waals surface area contributed by atoms with Crippen LogP contribution in [0.25, 0.3) is 22.6 Å². The highest BCUT2D eigenvalue weighted by Crippen LogP contribution is 2.33. The van der Waals surface area contributed by atoms with Gasteiger partial charge in [0.15, 0.2) is 12.4 Å². The Labute approximate surface area is 186 Å². The van der Waals surface area contributed by atoms with Crippen LogP contribution in [0.5, 0.6) is 5.75 Å². The van der Waals surface area contributed by atoms with E-state index in [9.17, 15) is 13.2 Å². The number of aromatic nitrogens is 3. The number of para-hydroxylation sites is 1. The van der Waals surface area contributed by atoms with Crippen LogP contribution in [0.2, 0.25) is 0 Å². The third-order valence-corrected chi connectivity index (χ3v) is 6.11. The Bertz CT molecular complexity index is 1380. The molecule has 1 aromatic carbocycles. The van der Waals surface area contributed by atoms with Crippen LogP contribution >= 0.6 is 0 Å². The number of imidazole rings is 1. The van der Waals surface area contributed by atoms with Gasteiger partial charge in [0.05, 0.1) is 11.1 Å². The number of pyridine rings is 1. The molecule has 0 fully saturated rings. The van der Waals surface area contributed by atoms with Crippen LogP contribution in [0.4, 0.5) is 0 Å². The number of aryl methyl sites for hydroxylation is 1. The lowest BCUT2D eigenvalue weighted by molar-refractivity contribution is 0.0557. The fourth-order valence-electron chi connectivity index (χ4n) is 2.92. The second-order valence-corrected chi connectivity index (χ2v) is 8.79. The number of esters is 1. The number of fused-ring (bicyclic) bond motifs is 1. The molecule has 3 aromatic rings. The van der Waals surface area contributed by atoms with Gasteiger partial charge in [-0.2, -0.15) is 12.7 Å². The van der Waals surface area contributed by atoms with Gasteiger partial charge < -0.3 is 9.47 Å². The second-order valence-electron chi connectivity index (χ2n) is 6.80. The van der Waals surface area contributed by atoms with Crippen LogP contribution in [0.3, 0.4) is 0 Å². The number of terminal acetylenes is 2. The summed E-state index contributed by atoms with van der Waals surface area (Å²) >= 11 is 0. The van der Waals surface area contributed by atoms with E-state index in [0.717, 1.165) is 8.28 Å². The summed E-state index contributed by atoms with van der Waals surface area (Å²) in [6, 6.07) is 6.34. The predicted molar refractivity (Wildman–Crippen MR) is 119 cm³/mol. The molecule has 0 aliphatic heterocycles. The van der Waals surface area contributed by atoms with Crippen molar-refractivity contribution in [3.05, 3.63) is 41.6 Å². The van der Waals surface area contributed by atoms with Crippen LogP contribution in [-0.2, 0) is 14.9 Å². The van der Waals surface area contributed by atoms with Crippen molar-refractivity contribution in [1.82, 2.24) is 18.2 Å². The molecule has 0 bridgehead atoms. The molecule has 0 spiro atoms. The zero-order valence-electron chi connectivity index (χ0n) is 17.7. The van der Waals surface area contributed by atoms with Gasteiger partial charge in [-0.05, 0) is 30.7 Å². The maximum Gasteiger partial charge on any atom is 0.341 e. The Balaban J connectivity index is 2.38. The molecule has 0 amide bonds. The van der Waals surface area contributed by atoms with Gasteiger partial charge in [0.25, 0.3) is 0 Å². The Morgan fingerprint density at radius 2 is 1.94 bits per heavy atom. The van der Waals surface area contributed by atoms with Crippen LogP contribution in [-0.4, -0.2) is 59.9 Å². The van der Waals surface area contributed by atoms with E-state index in [1.54, 1.807) is 25.1 Å². The minimum atomic E-state index is -4.08. The summed E-state index contributed by atoms with van der Waals surface area (Å²) in [5, 5.41) is 0. The molecular weight excluding hydrogens is 432 g/mol. The highest BCUT2D eigenvalue weighted by Gasteiger charge is 2.30. The Morgan fingerprint density at radius 1 is 1.22 bits per heavy atom. The molecule has 2 aromatic heterocycles. The maximum absolute atomic E-state index is 13.3. The van der Waals surface area contributed by atoms with Gasteiger partial charge in [0.1, 0.15) is 23.6 Å². The number of nitrogens with zero attached hydrogens (tertiary/aromatic N) is 4. The number of benzene rings is 1. The first-order valence-electron chi connectivity index (χ1n) is 9.30. The van der Waals surface area contributed by atoms with Crippen molar-refractivity contribution in [3.63, 3.8) is 0 Å². The first kappa shape index (κ1) is 22.8. The Morgan fingerprint density at radius 3 is 2.59 bits per heavy atom. The number of carbonyl (C=O) groups is 1. The molecule has 32 heavy (non-hydrogen) atoms. The highest BCUT2D eigenvalue weighted by molar-refractivity contribution is 7.87. The molecule has 0 saturated carbocycles. The molecule has 0 atom stereocenters. The van der Waals surface area contributed by atoms with Crippen molar-refractivity contribution in [2.24, 2.45) is 0 Å². The molecule has 3 rings (SSSR count). The molecule has 0 aliphatic rings. The lowest BCUT2D eigenvalue weighted by Gasteiger charge is -2.16. The van der Waals surface area contributed by atoms with E-state index in [2.05, 4.69) is 21.8 Å². The minimum absolute atomic E-state index is 0.0159. The zero-order chi connectivity index (χ0) is 23.5. The third-order valence-electron chi connectivity index (χ3n) is 4.35. The van der Waals surface area contributed by atoms with Crippen LogP contribution in [0.15, 0.2) is 30.5 Å². The zero-order valence-corrected chi connectivity index (χ0v) is 18.5. The topological polar surface area (TPSA) is 104 Å². The Hall–Kier alpha value is -3.86. The lowest BCUT2D eigenvalue weighted by atomic mass is 10.1. The van der Waals surface area contributed by atoms with E-state index < -0.39 is 16.2 Å². The summed E-state index contributed by atoms with van der Waals surface area (Å²) in [5.41, 5.74) is 1.18. The summed E-state index contributed by atoms with van der Waals surface area (Å²) < 4.78 is 39.1. The minimum Gasteiger partial charge on any atom is -0.479 e. The second kappa shape index (κ2) is 9.10. The van der Waals surface area contributed by atoms with E-state index in [0.29, 0.717) is 5.56 Å². The van der Waals surface area contributed by atoms with Crippen molar-refractivity contribution in [2.75, 3.05) is 27.3 Å². The number of carbonyl (C=O) groups excluding carboxylic acids is 1. The van der Waals surface area contributed by atoms with Gasteiger partial charge in [0.2, 0.25) is 0 Å². The van der Waals surface area contributed by atoms with E-state index in [1.807, 2.05) is 0 Å². The summed E-state index contributed by atoms with van der Waals surface area (Å²) in [6.45, 7) is 1.46. The van der Waals surface area contributed by atoms with Crippen molar-refractivity contribution < 1.29 is 22.7 Å². The number of hydrogen-bond acceptors (Lipinski definition) is 7. The molecule has 0 saturated heterocycles. The molecule has 0 N–H and O–H groups in total. The van der Waals surface area contributed by atoms with Crippen molar-refractivity contribution in [2.45, 2.75) is 6.92 Å². The molecular formula is C22H20N4O5S. The van der Waals surface area contributed by atoms with Gasteiger partial charge in [-0.25, -0.2) is 13.8 Å². The van der Waals surface area contributed by atoms with Crippen LogP contribution in [0, 0.1) is 31.6 Å². The monoisotopic (exact) mass is 452 g/mol. The quantitative estimate of drug-likeness (QED) is 0.398. The fraction of sp³-hybridized carbons (Fsp3) is 0.227. The summed E-state index contributed by atoms with van der Waals surface area (Å²) in [6.07, 6.45) is 12.0. The lowest BCUT2D eigenvalue weighted by Crippen LogP contribution is -2.29. The van der Waals surface area contributed by atoms with E-state index >= 15 is 0 Å². The average molecular weight is 452 g/mol. The number of ether oxygens (including phenoxy) is 2. The molecule has 9 nitrogen and oxygen atoms in total. The molecule has 0 unspecified atom stereocenters. The molecule has 0 aliphatic carbocycles. The first-order chi connectivity index (χ1) is 15.2. The number of hydrogen-bond donors (Lipinski definition) is 0. The SMILES string of the molecule is C#CCOC(=O)c1cc(C)cnc1-c1nc2c(OCC#C)cccc2n1S(=O)(=O)N(C)C. The first-order valence-corrected chi connectivity index (χ1v) is 10.7. The number of rotatable bonds is 7. The van der Waals surface area contributed by atoms with Crippen LogP contribution in [0.1, 0.15) is 15.9 Å². The van der Waals surface area contributed by atoms with Gasteiger partial charge in [-0.1, -0.05) is 17.9 Å². The maximum atomic E-state index is 13.3. The summed E-state index contributed by atoms with van der Waals surface area (Å²) in [4.78, 5) is 21.5. The molecule has 164 valence electrons. The third kappa shape index (κ3) is 4.14. The largest absolute Gasteiger partial charge is 0.479 e. The van der Waals surface area contributed by atoms with Crippen molar-refractivity contribution in [3.8, 4) is 42.0 Å². The standard InChI is InChI=1S/C22H20N4O5S/c1-6-11-30-18-10-8-9-17-20(18)24-21(26(17)32(28,29)25(4)5)19-16(13-15(3)14-23-19)22(27)31-12-7-2/h1-2,8-10,13-14H,11-12H2,3-5H3.